The first-order chi connectivity index (χ1) is 17.5. The molecule has 9 heteroatoms. The minimum Gasteiger partial charge on any atom is -0.354 e. The molecule has 1 N–H and O–H groups in total. The number of nitriles is 2. The molecule has 3 heterocycles. The summed E-state index contributed by atoms with van der Waals surface area (Å²) in [4.78, 5) is 13.1. The third-order valence-electron chi connectivity index (χ3n) is 6.63. The van der Waals surface area contributed by atoms with Crippen molar-refractivity contribution in [3.05, 3.63) is 65.7 Å². The standard InChI is InChI=1S/C27H25N7OS/c1-17-24(16-33(32-17)23-9-7-22(8-10-23)31-18(2)35)20-11-26(27-21(13-29)14-30-34(27)15-20)36-25-6-4-3-5-19(25)12-28/h3-6,11,14-16,22-23H,7-10H2,1-2H3,(H,31,35). The molecule has 0 spiro atoms. The van der Waals surface area contributed by atoms with Gasteiger partial charge in [0.2, 0.25) is 5.91 Å². The second kappa shape index (κ2) is 9.88. The quantitative estimate of drug-likeness (QED) is 0.416. The molecular formula is C27H25N7OS. The van der Waals surface area contributed by atoms with E-state index in [1.165, 1.54) is 11.8 Å². The molecule has 0 atom stereocenters. The zero-order valence-corrected chi connectivity index (χ0v) is 20.9. The third-order valence-corrected chi connectivity index (χ3v) is 7.74. The number of nitrogens with zero attached hydrogens (tertiary/aromatic N) is 6. The highest BCUT2D eigenvalue weighted by molar-refractivity contribution is 7.99. The van der Waals surface area contributed by atoms with E-state index in [2.05, 4.69) is 39.5 Å². The Kier molecular flexibility index (Phi) is 6.49. The summed E-state index contributed by atoms with van der Waals surface area (Å²) in [5.41, 5.74) is 4.66. The summed E-state index contributed by atoms with van der Waals surface area (Å²) in [6.45, 7) is 3.57. The van der Waals surface area contributed by atoms with Crippen LogP contribution in [0, 0.1) is 29.6 Å². The van der Waals surface area contributed by atoms with Crippen molar-refractivity contribution in [1.82, 2.24) is 24.7 Å². The summed E-state index contributed by atoms with van der Waals surface area (Å²) in [5.74, 6) is 0.0234. The van der Waals surface area contributed by atoms with Gasteiger partial charge in [0.1, 0.15) is 12.1 Å². The van der Waals surface area contributed by atoms with Gasteiger partial charge in [0, 0.05) is 46.3 Å². The SMILES string of the molecule is CC(=O)NC1CCC(n2cc(-c3cc(Sc4ccccc4C#N)c4c(C#N)cnn4c3)c(C)n2)CC1. The second-order valence-corrected chi connectivity index (χ2v) is 10.2. The normalized spacial score (nSPS) is 17.4. The number of hydrogen-bond donors (Lipinski definition) is 1. The van der Waals surface area contributed by atoms with E-state index in [0.717, 1.165) is 57.8 Å². The van der Waals surface area contributed by atoms with Crippen molar-refractivity contribution < 1.29 is 4.79 Å². The minimum atomic E-state index is 0.0234. The molecular weight excluding hydrogens is 470 g/mol. The van der Waals surface area contributed by atoms with Gasteiger partial charge < -0.3 is 5.32 Å². The Morgan fingerprint density at radius 1 is 1.08 bits per heavy atom. The highest BCUT2D eigenvalue weighted by Crippen LogP contribution is 2.38. The Labute approximate surface area is 213 Å². The van der Waals surface area contributed by atoms with Crippen molar-refractivity contribution in [3.63, 3.8) is 0 Å². The topological polar surface area (TPSA) is 112 Å². The number of aromatic nitrogens is 4. The number of amides is 1. The van der Waals surface area contributed by atoms with E-state index < -0.39 is 0 Å². The van der Waals surface area contributed by atoms with E-state index in [-0.39, 0.29) is 18.0 Å². The Hall–Kier alpha value is -4.08. The Morgan fingerprint density at radius 3 is 2.56 bits per heavy atom. The first-order valence-corrected chi connectivity index (χ1v) is 12.7. The molecule has 0 radical (unpaired) electrons. The zero-order chi connectivity index (χ0) is 25.2. The smallest absolute Gasteiger partial charge is 0.217 e. The number of carbonyl (C=O) groups is 1. The largest absolute Gasteiger partial charge is 0.354 e. The van der Waals surface area contributed by atoms with Crippen LogP contribution in [0.4, 0.5) is 0 Å². The maximum Gasteiger partial charge on any atom is 0.217 e. The van der Waals surface area contributed by atoms with E-state index in [4.69, 9.17) is 5.10 Å². The van der Waals surface area contributed by atoms with E-state index in [0.29, 0.717) is 11.1 Å². The number of rotatable bonds is 5. The number of pyridine rings is 1. The second-order valence-electron chi connectivity index (χ2n) is 9.08. The molecule has 0 bridgehead atoms. The molecule has 3 aromatic heterocycles. The summed E-state index contributed by atoms with van der Waals surface area (Å²) >= 11 is 1.46. The number of fused-ring (bicyclic) bond motifs is 1. The van der Waals surface area contributed by atoms with Crippen molar-refractivity contribution in [3.8, 4) is 23.3 Å². The van der Waals surface area contributed by atoms with Gasteiger partial charge in [-0.3, -0.25) is 9.48 Å². The molecule has 1 aliphatic rings. The molecule has 1 aromatic carbocycles. The molecule has 0 unspecified atom stereocenters. The summed E-state index contributed by atoms with van der Waals surface area (Å²) < 4.78 is 3.79. The van der Waals surface area contributed by atoms with E-state index in [9.17, 15) is 15.3 Å². The van der Waals surface area contributed by atoms with Crippen molar-refractivity contribution in [2.24, 2.45) is 0 Å². The molecule has 8 nitrogen and oxygen atoms in total. The van der Waals surface area contributed by atoms with Crippen LogP contribution in [-0.4, -0.2) is 31.3 Å². The predicted molar refractivity (Wildman–Crippen MR) is 136 cm³/mol. The van der Waals surface area contributed by atoms with E-state index in [1.807, 2.05) is 31.3 Å². The fourth-order valence-corrected chi connectivity index (χ4v) is 5.98. The molecule has 1 amide bonds. The molecule has 1 fully saturated rings. The van der Waals surface area contributed by atoms with Crippen molar-refractivity contribution in [2.75, 3.05) is 0 Å². The van der Waals surface area contributed by atoms with Crippen LogP contribution in [0.25, 0.3) is 16.6 Å². The van der Waals surface area contributed by atoms with Crippen LogP contribution in [0.3, 0.4) is 0 Å². The molecule has 1 saturated carbocycles. The Balaban J connectivity index is 1.50. The first kappa shape index (κ1) is 23.7. The van der Waals surface area contributed by atoms with Gasteiger partial charge in [-0.1, -0.05) is 23.9 Å². The van der Waals surface area contributed by atoms with Crippen LogP contribution in [0.15, 0.2) is 58.7 Å². The average molecular weight is 496 g/mol. The van der Waals surface area contributed by atoms with Crippen molar-refractivity contribution in [2.45, 2.75) is 61.4 Å². The molecule has 36 heavy (non-hydrogen) atoms. The predicted octanol–water partition coefficient (Wildman–Crippen LogP) is 5.02. The van der Waals surface area contributed by atoms with Crippen LogP contribution in [0.5, 0.6) is 0 Å². The number of benzene rings is 1. The lowest BCUT2D eigenvalue weighted by atomic mass is 9.91. The molecule has 5 rings (SSSR count). The van der Waals surface area contributed by atoms with Crippen LogP contribution in [-0.2, 0) is 4.79 Å². The van der Waals surface area contributed by atoms with Crippen LogP contribution < -0.4 is 5.32 Å². The zero-order valence-electron chi connectivity index (χ0n) is 20.1. The van der Waals surface area contributed by atoms with Gasteiger partial charge in [-0.2, -0.15) is 20.7 Å². The lowest BCUT2D eigenvalue weighted by Gasteiger charge is -2.29. The highest BCUT2D eigenvalue weighted by Gasteiger charge is 2.24. The van der Waals surface area contributed by atoms with Crippen molar-refractivity contribution in [1.29, 1.82) is 10.5 Å². The third kappa shape index (κ3) is 4.58. The fourth-order valence-electron chi connectivity index (χ4n) is 4.88. The molecule has 4 aromatic rings. The Morgan fingerprint density at radius 2 is 1.83 bits per heavy atom. The van der Waals surface area contributed by atoms with Gasteiger partial charge >= 0.3 is 0 Å². The van der Waals surface area contributed by atoms with Gasteiger partial charge in [0.15, 0.2) is 0 Å². The van der Waals surface area contributed by atoms with Gasteiger partial charge in [0.05, 0.1) is 34.6 Å². The van der Waals surface area contributed by atoms with E-state index >= 15 is 0 Å². The highest BCUT2D eigenvalue weighted by atomic mass is 32.2. The maximum atomic E-state index is 11.4. The molecule has 1 aliphatic carbocycles. The molecule has 0 saturated heterocycles. The van der Waals surface area contributed by atoms with Crippen molar-refractivity contribution >= 4 is 23.2 Å². The van der Waals surface area contributed by atoms with Crippen LogP contribution in [0.1, 0.15) is 55.5 Å². The number of carbonyl (C=O) groups excluding carboxylic acids is 1. The Bertz CT molecular complexity index is 1530. The fraction of sp³-hybridized carbons (Fsp3) is 0.296. The van der Waals surface area contributed by atoms with Gasteiger partial charge in [-0.05, 0) is 50.8 Å². The number of nitrogens with one attached hydrogen (secondary N) is 1. The van der Waals surface area contributed by atoms with E-state index in [1.54, 1.807) is 23.7 Å². The van der Waals surface area contributed by atoms with Gasteiger partial charge in [-0.25, -0.2) is 4.52 Å². The monoisotopic (exact) mass is 495 g/mol. The summed E-state index contributed by atoms with van der Waals surface area (Å²) in [6.07, 6.45) is 9.39. The molecule has 0 aliphatic heterocycles. The molecule has 180 valence electrons. The summed E-state index contributed by atoms with van der Waals surface area (Å²) in [6, 6.07) is 14.5. The van der Waals surface area contributed by atoms with Crippen LogP contribution >= 0.6 is 11.8 Å². The number of hydrogen-bond acceptors (Lipinski definition) is 6. The lowest BCUT2D eigenvalue weighted by molar-refractivity contribution is -0.119. The maximum absolute atomic E-state index is 11.4. The average Bonchev–Trinajstić information content (AvgIpc) is 3.48. The summed E-state index contributed by atoms with van der Waals surface area (Å²) in [5, 5.41) is 31.5. The first-order valence-electron chi connectivity index (χ1n) is 11.9. The lowest BCUT2D eigenvalue weighted by Crippen LogP contribution is -2.36. The van der Waals surface area contributed by atoms with Gasteiger partial charge in [-0.15, -0.1) is 0 Å². The number of aryl methyl sites for hydroxylation is 1. The summed E-state index contributed by atoms with van der Waals surface area (Å²) in [7, 11) is 0. The van der Waals surface area contributed by atoms with Gasteiger partial charge in [0.25, 0.3) is 0 Å². The minimum absolute atomic E-state index is 0.0234. The van der Waals surface area contributed by atoms with Crippen LogP contribution in [0.2, 0.25) is 0 Å².